The fourth-order valence-electron chi connectivity index (χ4n) is 3.11. The Kier molecular flexibility index (Phi) is 4.40. The number of rotatable bonds is 4. The molecule has 0 aliphatic heterocycles. The van der Waals surface area contributed by atoms with Crippen LogP contribution in [-0.4, -0.2) is 15.0 Å². The predicted octanol–water partition coefficient (Wildman–Crippen LogP) is 5.53. The van der Waals surface area contributed by atoms with Gasteiger partial charge < -0.3 is 10.3 Å². The van der Waals surface area contributed by atoms with Gasteiger partial charge in [-0.05, 0) is 34.7 Å². The average molecular weight is 356 g/mol. The zero-order chi connectivity index (χ0) is 18.9. The fourth-order valence-corrected chi connectivity index (χ4v) is 3.11. The number of aromatic nitrogens is 3. The lowest BCUT2D eigenvalue weighted by Gasteiger charge is -2.19. The summed E-state index contributed by atoms with van der Waals surface area (Å²) >= 11 is 0. The van der Waals surface area contributed by atoms with Crippen molar-refractivity contribution in [2.45, 2.75) is 32.7 Å². The van der Waals surface area contributed by atoms with Crippen molar-refractivity contribution in [1.29, 1.82) is 0 Å². The van der Waals surface area contributed by atoms with Crippen LogP contribution < -0.4 is 5.32 Å². The number of anilines is 1. The van der Waals surface area contributed by atoms with Gasteiger partial charge in [-0.1, -0.05) is 63.2 Å². The average Bonchev–Trinajstić information content (AvgIpc) is 3.11. The van der Waals surface area contributed by atoms with Crippen LogP contribution >= 0.6 is 0 Å². The van der Waals surface area contributed by atoms with Gasteiger partial charge in [-0.25, -0.2) is 9.97 Å². The van der Waals surface area contributed by atoms with Crippen LogP contribution in [0.3, 0.4) is 0 Å². The molecule has 4 rings (SSSR count). The van der Waals surface area contributed by atoms with Gasteiger partial charge in [0, 0.05) is 23.6 Å². The Morgan fingerprint density at radius 2 is 1.74 bits per heavy atom. The summed E-state index contributed by atoms with van der Waals surface area (Å²) in [6, 6.07) is 21.0. The lowest BCUT2D eigenvalue weighted by atomic mass is 9.87. The summed E-state index contributed by atoms with van der Waals surface area (Å²) in [4.78, 5) is 12.4. The molecule has 27 heavy (non-hydrogen) atoms. The van der Waals surface area contributed by atoms with Crippen LogP contribution in [0, 0.1) is 0 Å². The Balaban J connectivity index is 1.49. The van der Waals surface area contributed by atoms with Crippen molar-refractivity contribution in [3.63, 3.8) is 0 Å². The Labute approximate surface area is 159 Å². The predicted molar refractivity (Wildman–Crippen MR) is 112 cm³/mol. The van der Waals surface area contributed by atoms with Crippen molar-refractivity contribution in [2.24, 2.45) is 0 Å². The third-order valence-electron chi connectivity index (χ3n) is 4.73. The van der Waals surface area contributed by atoms with Gasteiger partial charge in [-0.2, -0.15) is 0 Å². The lowest BCUT2D eigenvalue weighted by molar-refractivity contribution is 0.590. The SMILES string of the molecule is CC(C)(C)c1ccc(CNc2nccc(-c3cc4ccccc4[nH]3)n2)cc1. The van der Waals surface area contributed by atoms with Crippen LogP contribution in [0.2, 0.25) is 0 Å². The fraction of sp³-hybridized carbons (Fsp3) is 0.217. The molecule has 0 atom stereocenters. The second-order valence-corrected chi connectivity index (χ2v) is 7.84. The zero-order valence-corrected chi connectivity index (χ0v) is 16.0. The Bertz CT molecular complexity index is 1020. The summed E-state index contributed by atoms with van der Waals surface area (Å²) in [6.45, 7) is 7.37. The summed E-state index contributed by atoms with van der Waals surface area (Å²) < 4.78 is 0. The van der Waals surface area contributed by atoms with E-state index in [1.807, 2.05) is 18.2 Å². The van der Waals surface area contributed by atoms with Crippen LogP contribution in [0.1, 0.15) is 31.9 Å². The molecule has 2 aromatic carbocycles. The highest BCUT2D eigenvalue weighted by Gasteiger charge is 2.12. The minimum Gasteiger partial charge on any atom is -0.353 e. The van der Waals surface area contributed by atoms with Crippen LogP contribution in [0.25, 0.3) is 22.3 Å². The summed E-state index contributed by atoms with van der Waals surface area (Å²) in [5.41, 5.74) is 5.71. The number of nitrogens with one attached hydrogen (secondary N) is 2. The van der Waals surface area contributed by atoms with Crippen LogP contribution in [0.15, 0.2) is 66.9 Å². The molecule has 0 radical (unpaired) electrons. The molecule has 2 aromatic heterocycles. The van der Waals surface area contributed by atoms with E-state index in [0.29, 0.717) is 12.5 Å². The maximum Gasteiger partial charge on any atom is 0.223 e. The molecule has 0 saturated carbocycles. The first-order valence-corrected chi connectivity index (χ1v) is 9.23. The van der Waals surface area contributed by atoms with E-state index in [1.165, 1.54) is 16.5 Å². The number of hydrogen-bond donors (Lipinski definition) is 2. The van der Waals surface area contributed by atoms with Crippen LogP contribution in [0.4, 0.5) is 5.95 Å². The third kappa shape index (κ3) is 3.85. The van der Waals surface area contributed by atoms with Gasteiger partial charge in [0.2, 0.25) is 5.95 Å². The molecule has 0 spiro atoms. The Hall–Kier alpha value is -3.14. The third-order valence-corrected chi connectivity index (χ3v) is 4.73. The van der Waals surface area contributed by atoms with E-state index < -0.39 is 0 Å². The van der Waals surface area contributed by atoms with Gasteiger partial charge in [-0.3, -0.25) is 0 Å². The molecule has 4 aromatic rings. The molecule has 0 unspecified atom stereocenters. The maximum atomic E-state index is 4.66. The molecule has 4 heteroatoms. The van der Waals surface area contributed by atoms with Gasteiger partial charge in [-0.15, -0.1) is 0 Å². The van der Waals surface area contributed by atoms with Crippen LogP contribution in [-0.2, 0) is 12.0 Å². The van der Waals surface area contributed by atoms with Crippen molar-refractivity contribution in [2.75, 3.05) is 5.32 Å². The molecule has 4 nitrogen and oxygen atoms in total. The molecular weight excluding hydrogens is 332 g/mol. The summed E-state index contributed by atoms with van der Waals surface area (Å²) in [6.07, 6.45) is 1.79. The van der Waals surface area contributed by atoms with Gasteiger partial charge >= 0.3 is 0 Å². The van der Waals surface area contributed by atoms with Crippen molar-refractivity contribution in [1.82, 2.24) is 15.0 Å². The van der Waals surface area contributed by atoms with Gasteiger partial charge in [0.15, 0.2) is 0 Å². The first-order chi connectivity index (χ1) is 13.0. The van der Waals surface area contributed by atoms with Gasteiger partial charge in [0.05, 0.1) is 11.4 Å². The van der Waals surface area contributed by atoms with Crippen molar-refractivity contribution < 1.29 is 0 Å². The quantitative estimate of drug-likeness (QED) is 0.505. The van der Waals surface area contributed by atoms with Crippen molar-refractivity contribution in [3.05, 3.63) is 78.0 Å². The summed E-state index contributed by atoms with van der Waals surface area (Å²) in [7, 11) is 0. The van der Waals surface area contributed by atoms with E-state index in [-0.39, 0.29) is 5.41 Å². The molecule has 0 saturated heterocycles. The molecule has 136 valence electrons. The van der Waals surface area contributed by atoms with Crippen LogP contribution in [0.5, 0.6) is 0 Å². The summed E-state index contributed by atoms with van der Waals surface area (Å²) in [5.74, 6) is 0.631. The molecule has 2 N–H and O–H groups in total. The molecule has 2 heterocycles. The smallest absolute Gasteiger partial charge is 0.223 e. The van der Waals surface area contributed by atoms with E-state index in [4.69, 9.17) is 0 Å². The van der Waals surface area contributed by atoms with E-state index >= 15 is 0 Å². The molecule has 0 bridgehead atoms. The van der Waals surface area contributed by atoms with Crippen molar-refractivity contribution in [3.8, 4) is 11.4 Å². The monoisotopic (exact) mass is 356 g/mol. The number of nitrogens with zero attached hydrogens (tertiary/aromatic N) is 2. The highest BCUT2D eigenvalue weighted by Crippen LogP contribution is 2.24. The van der Waals surface area contributed by atoms with Gasteiger partial charge in [0.25, 0.3) is 0 Å². The normalized spacial score (nSPS) is 11.7. The minimum absolute atomic E-state index is 0.170. The number of benzene rings is 2. The highest BCUT2D eigenvalue weighted by molar-refractivity contribution is 5.85. The maximum absolute atomic E-state index is 4.66. The van der Waals surface area contributed by atoms with Gasteiger partial charge in [0.1, 0.15) is 0 Å². The number of hydrogen-bond acceptors (Lipinski definition) is 3. The number of aromatic amines is 1. The van der Waals surface area contributed by atoms with Crippen molar-refractivity contribution >= 4 is 16.9 Å². The second kappa shape index (κ2) is 6.88. The number of H-pyrrole nitrogens is 1. The molecule has 0 amide bonds. The topological polar surface area (TPSA) is 53.6 Å². The molecule has 0 aliphatic carbocycles. The zero-order valence-electron chi connectivity index (χ0n) is 16.0. The lowest BCUT2D eigenvalue weighted by Crippen LogP contribution is -2.11. The Morgan fingerprint density at radius 3 is 2.48 bits per heavy atom. The highest BCUT2D eigenvalue weighted by atomic mass is 15.1. The first-order valence-electron chi connectivity index (χ1n) is 9.23. The molecule has 0 fully saturated rings. The largest absolute Gasteiger partial charge is 0.353 e. The second-order valence-electron chi connectivity index (χ2n) is 7.84. The van der Waals surface area contributed by atoms with E-state index in [2.05, 4.69) is 83.5 Å². The summed E-state index contributed by atoms with van der Waals surface area (Å²) in [5, 5.41) is 4.51. The minimum atomic E-state index is 0.170. The molecular formula is C23H24N4. The number of fused-ring (bicyclic) bond motifs is 1. The van der Waals surface area contributed by atoms with E-state index in [1.54, 1.807) is 6.20 Å². The standard InChI is InChI=1S/C23H24N4/c1-23(2,3)18-10-8-16(9-11-18)15-25-22-24-13-12-20(27-22)21-14-17-6-4-5-7-19(17)26-21/h4-14,26H,15H2,1-3H3,(H,24,25,27). The van der Waals surface area contributed by atoms with E-state index in [0.717, 1.165) is 16.9 Å². The van der Waals surface area contributed by atoms with E-state index in [9.17, 15) is 0 Å². The first kappa shape index (κ1) is 17.3. The molecule has 0 aliphatic rings. The Morgan fingerprint density at radius 1 is 0.963 bits per heavy atom. The number of para-hydroxylation sites is 1.